The Morgan fingerprint density at radius 1 is 1.03 bits per heavy atom. The molecule has 2 heterocycles. The second-order valence-electron chi connectivity index (χ2n) is 6.26. The van der Waals surface area contributed by atoms with E-state index in [1.807, 2.05) is 0 Å². The van der Waals surface area contributed by atoms with E-state index in [0.717, 1.165) is 0 Å². The Hall–Kier alpha value is -4.27. The minimum Gasteiger partial charge on any atom is -0.326 e. The van der Waals surface area contributed by atoms with E-state index < -0.39 is 0 Å². The Morgan fingerprint density at radius 2 is 1.79 bits per heavy atom. The van der Waals surface area contributed by atoms with E-state index in [4.69, 9.17) is 0 Å². The maximum Gasteiger partial charge on any atom is 0.261 e. The van der Waals surface area contributed by atoms with Crippen LogP contribution in [0.3, 0.4) is 0 Å². The first kappa shape index (κ1) is 18.1. The molecule has 9 nitrogen and oxygen atoms in total. The molecule has 0 radical (unpaired) electrons. The summed E-state index contributed by atoms with van der Waals surface area (Å²) in [6, 6.07) is 13.6. The molecule has 0 atom stereocenters. The first-order valence-corrected chi connectivity index (χ1v) is 8.73. The zero-order valence-corrected chi connectivity index (χ0v) is 15.3. The second-order valence-corrected chi connectivity index (χ2v) is 6.26. The van der Waals surface area contributed by atoms with Crippen LogP contribution in [0.2, 0.25) is 0 Å². The molecular formula is C20H16N6O3. The van der Waals surface area contributed by atoms with Crippen LogP contribution in [0.5, 0.6) is 0 Å². The van der Waals surface area contributed by atoms with E-state index in [9.17, 15) is 14.4 Å². The number of H-pyrrole nitrogens is 1. The summed E-state index contributed by atoms with van der Waals surface area (Å²) in [7, 11) is 0. The molecule has 4 aromatic rings. The van der Waals surface area contributed by atoms with Gasteiger partial charge in [0.25, 0.3) is 11.5 Å². The van der Waals surface area contributed by atoms with Gasteiger partial charge in [-0.3, -0.25) is 14.4 Å². The zero-order chi connectivity index (χ0) is 20.4. The van der Waals surface area contributed by atoms with Crippen molar-refractivity contribution in [3.8, 4) is 5.69 Å². The highest BCUT2D eigenvalue weighted by Gasteiger charge is 2.14. The molecule has 3 N–H and O–H groups in total. The van der Waals surface area contributed by atoms with Crippen molar-refractivity contribution in [3.63, 3.8) is 0 Å². The summed E-state index contributed by atoms with van der Waals surface area (Å²) in [6.07, 6.45) is 2.74. The fourth-order valence-electron chi connectivity index (χ4n) is 2.90. The summed E-state index contributed by atoms with van der Waals surface area (Å²) in [5, 5.41) is 10.1. The highest BCUT2D eigenvalue weighted by atomic mass is 16.2. The van der Waals surface area contributed by atoms with Gasteiger partial charge in [0.2, 0.25) is 5.91 Å². The molecule has 2 aromatic heterocycles. The Kier molecular flexibility index (Phi) is 4.62. The van der Waals surface area contributed by atoms with Gasteiger partial charge in [0, 0.05) is 18.2 Å². The van der Waals surface area contributed by atoms with Crippen LogP contribution in [0.25, 0.3) is 16.7 Å². The van der Waals surface area contributed by atoms with Gasteiger partial charge in [0.1, 0.15) is 5.39 Å². The van der Waals surface area contributed by atoms with Crippen molar-refractivity contribution in [1.82, 2.24) is 19.7 Å². The van der Waals surface area contributed by atoms with Crippen molar-refractivity contribution < 1.29 is 9.59 Å². The van der Waals surface area contributed by atoms with E-state index in [2.05, 4.69) is 25.7 Å². The van der Waals surface area contributed by atoms with Crippen molar-refractivity contribution in [2.45, 2.75) is 6.92 Å². The summed E-state index contributed by atoms with van der Waals surface area (Å²) >= 11 is 0. The van der Waals surface area contributed by atoms with Gasteiger partial charge in [-0.2, -0.15) is 5.10 Å². The number of nitrogens with zero attached hydrogens (tertiary/aromatic N) is 3. The van der Waals surface area contributed by atoms with Crippen molar-refractivity contribution in [3.05, 3.63) is 77.0 Å². The molecule has 144 valence electrons. The maximum absolute atomic E-state index is 12.7. The standard InChI is InChI=1S/C20H16N6O3/c1-12(27)24-14-8-6-13(7-9-14)19(28)25-16-4-2-3-5-17(16)26-18-15(10-23-26)20(29)22-11-21-18/h2-11H,1H3,(H,24,27)(H,25,28)(H,21,22,29). The van der Waals surface area contributed by atoms with E-state index in [-0.39, 0.29) is 17.4 Å². The quantitative estimate of drug-likeness (QED) is 0.495. The highest BCUT2D eigenvalue weighted by molar-refractivity contribution is 6.05. The van der Waals surface area contributed by atoms with Gasteiger partial charge in [0.05, 0.1) is 23.9 Å². The average molecular weight is 388 g/mol. The molecular weight excluding hydrogens is 372 g/mol. The number of carbonyl (C=O) groups is 2. The summed E-state index contributed by atoms with van der Waals surface area (Å²) in [5.41, 5.74) is 2.21. The van der Waals surface area contributed by atoms with Crippen LogP contribution in [0.1, 0.15) is 17.3 Å². The van der Waals surface area contributed by atoms with Gasteiger partial charge >= 0.3 is 0 Å². The number of carbonyl (C=O) groups excluding carboxylic acids is 2. The van der Waals surface area contributed by atoms with Crippen LogP contribution in [0.15, 0.2) is 65.8 Å². The van der Waals surface area contributed by atoms with Gasteiger partial charge in [-0.25, -0.2) is 9.67 Å². The molecule has 0 aliphatic heterocycles. The fraction of sp³-hybridized carbons (Fsp3) is 0.0500. The smallest absolute Gasteiger partial charge is 0.261 e. The van der Waals surface area contributed by atoms with E-state index in [0.29, 0.717) is 33.7 Å². The summed E-state index contributed by atoms with van der Waals surface area (Å²) < 4.78 is 1.50. The first-order chi connectivity index (χ1) is 14.0. The topological polar surface area (TPSA) is 122 Å². The van der Waals surface area contributed by atoms with Crippen molar-refractivity contribution in [2.24, 2.45) is 0 Å². The third-order valence-corrected chi connectivity index (χ3v) is 4.22. The number of amides is 2. The van der Waals surface area contributed by atoms with E-state index in [1.165, 1.54) is 24.1 Å². The average Bonchev–Trinajstić information content (AvgIpc) is 3.14. The van der Waals surface area contributed by atoms with Crippen LogP contribution >= 0.6 is 0 Å². The van der Waals surface area contributed by atoms with Crippen LogP contribution in [-0.2, 0) is 4.79 Å². The summed E-state index contributed by atoms with van der Waals surface area (Å²) in [6.45, 7) is 1.42. The van der Waals surface area contributed by atoms with Crippen LogP contribution in [-0.4, -0.2) is 31.6 Å². The number of nitrogens with one attached hydrogen (secondary N) is 3. The lowest BCUT2D eigenvalue weighted by atomic mass is 10.1. The molecule has 9 heteroatoms. The molecule has 2 amide bonds. The van der Waals surface area contributed by atoms with E-state index >= 15 is 0 Å². The van der Waals surface area contributed by atoms with Gasteiger partial charge in [-0.05, 0) is 36.4 Å². The van der Waals surface area contributed by atoms with Crippen molar-refractivity contribution in [1.29, 1.82) is 0 Å². The monoisotopic (exact) mass is 388 g/mol. The molecule has 0 bridgehead atoms. The predicted molar refractivity (Wildman–Crippen MR) is 108 cm³/mol. The van der Waals surface area contributed by atoms with Crippen LogP contribution in [0, 0.1) is 0 Å². The highest BCUT2D eigenvalue weighted by Crippen LogP contribution is 2.23. The molecule has 0 aliphatic carbocycles. The van der Waals surface area contributed by atoms with Crippen molar-refractivity contribution >= 4 is 34.2 Å². The second kappa shape index (κ2) is 7.39. The molecule has 2 aromatic carbocycles. The molecule has 0 saturated carbocycles. The Balaban J connectivity index is 1.65. The van der Waals surface area contributed by atoms with Gasteiger partial charge in [-0.1, -0.05) is 12.1 Å². The molecule has 0 unspecified atom stereocenters. The van der Waals surface area contributed by atoms with Gasteiger partial charge in [0.15, 0.2) is 5.65 Å². The SMILES string of the molecule is CC(=O)Nc1ccc(C(=O)Nc2ccccc2-n2ncc3c(=O)[nH]cnc32)cc1. The normalized spacial score (nSPS) is 10.7. The molecule has 29 heavy (non-hydrogen) atoms. The number of benzene rings is 2. The largest absolute Gasteiger partial charge is 0.326 e. The van der Waals surface area contributed by atoms with Gasteiger partial charge in [-0.15, -0.1) is 0 Å². The molecule has 0 fully saturated rings. The lowest BCUT2D eigenvalue weighted by Gasteiger charge is -2.12. The number of para-hydroxylation sites is 2. The third-order valence-electron chi connectivity index (χ3n) is 4.22. The maximum atomic E-state index is 12.7. The zero-order valence-electron chi connectivity index (χ0n) is 15.3. The molecule has 0 aliphatic rings. The minimum absolute atomic E-state index is 0.185. The molecule has 0 spiro atoms. The Morgan fingerprint density at radius 3 is 2.55 bits per heavy atom. The Bertz CT molecular complexity index is 1270. The number of hydrogen-bond donors (Lipinski definition) is 3. The van der Waals surface area contributed by atoms with Crippen LogP contribution in [0.4, 0.5) is 11.4 Å². The third kappa shape index (κ3) is 3.61. The number of rotatable bonds is 4. The number of aromatic amines is 1. The number of fused-ring (bicyclic) bond motifs is 1. The minimum atomic E-state index is -0.325. The van der Waals surface area contributed by atoms with Gasteiger partial charge < -0.3 is 15.6 Å². The van der Waals surface area contributed by atoms with E-state index in [1.54, 1.807) is 48.5 Å². The fourth-order valence-corrected chi connectivity index (χ4v) is 2.90. The first-order valence-electron chi connectivity index (χ1n) is 8.73. The molecule has 0 saturated heterocycles. The summed E-state index contributed by atoms with van der Waals surface area (Å²) in [4.78, 5) is 42.4. The Labute approximate surface area is 164 Å². The number of aromatic nitrogens is 4. The lowest BCUT2D eigenvalue weighted by molar-refractivity contribution is -0.114. The number of anilines is 2. The predicted octanol–water partition coefficient (Wildman–Crippen LogP) is 2.32. The van der Waals surface area contributed by atoms with Crippen molar-refractivity contribution in [2.75, 3.05) is 10.6 Å². The summed E-state index contributed by atoms with van der Waals surface area (Å²) in [5.74, 6) is -0.510. The lowest BCUT2D eigenvalue weighted by Crippen LogP contribution is -2.14. The van der Waals surface area contributed by atoms with Crippen LogP contribution < -0.4 is 16.2 Å². The molecule has 4 rings (SSSR count). The number of hydrogen-bond acceptors (Lipinski definition) is 5.